The first-order chi connectivity index (χ1) is 13.6. The number of hydrogen-bond acceptors (Lipinski definition) is 3. The fraction of sp³-hybridized carbons (Fsp3) is 0.333. The van der Waals surface area contributed by atoms with Crippen molar-refractivity contribution >= 4 is 17.3 Å². The molecule has 0 bridgehead atoms. The predicted octanol–water partition coefficient (Wildman–Crippen LogP) is 4.29. The second-order valence-electron chi connectivity index (χ2n) is 5.55. The molecule has 0 unspecified atom stereocenters. The van der Waals surface area contributed by atoms with E-state index in [1.807, 2.05) is 6.92 Å². The number of halogens is 6. The minimum Gasteiger partial charge on any atom is -0.357 e. The van der Waals surface area contributed by atoms with Crippen molar-refractivity contribution in [3.63, 3.8) is 0 Å². The van der Waals surface area contributed by atoms with Crippen LogP contribution < -0.4 is 10.6 Å². The van der Waals surface area contributed by atoms with Crippen molar-refractivity contribution in [1.82, 2.24) is 15.6 Å². The van der Waals surface area contributed by atoms with Gasteiger partial charge in [0.1, 0.15) is 5.01 Å². The zero-order valence-electron chi connectivity index (χ0n) is 15.1. The molecule has 156 valence electrons. The van der Waals surface area contributed by atoms with Crippen LogP contribution in [0.3, 0.4) is 0 Å². The van der Waals surface area contributed by atoms with Crippen molar-refractivity contribution in [2.24, 2.45) is 4.99 Å². The van der Waals surface area contributed by atoms with E-state index in [9.17, 15) is 26.3 Å². The summed E-state index contributed by atoms with van der Waals surface area (Å²) < 4.78 is 75.2. The Bertz CT molecular complexity index is 888. The third-order valence-electron chi connectivity index (χ3n) is 3.35. The molecule has 0 aliphatic heterocycles. The van der Waals surface area contributed by atoms with Gasteiger partial charge in [0, 0.05) is 17.5 Å². The molecule has 11 heteroatoms. The number of nitrogens with zero attached hydrogens (tertiary/aromatic N) is 2. The molecule has 2 aromatic rings. The second-order valence-corrected chi connectivity index (χ2v) is 6.49. The number of nitrogens with one attached hydrogen (secondary N) is 2. The average Bonchev–Trinajstić information content (AvgIpc) is 3.12. The molecule has 0 fully saturated rings. The van der Waals surface area contributed by atoms with Gasteiger partial charge < -0.3 is 10.6 Å². The lowest BCUT2D eigenvalue weighted by atomic mass is 10.1. The lowest BCUT2D eigenvalue weighted by molar-refractivity contribution is -0.141. The molecule has 2 rings (SSSR count). The van der Waals surface area contributed by atoms with E-state index in [2.05, 4.69) is 32.5 Å². The van der Waals surface area contributed by atoms with Crippen LogP contribution in [0, 0.1) is 11.8 Å². The summed E-state index contributed by atoms with van der Waals surface area (Å²) in [7, 11) is 0. The average molecular weight is 434 g/mol. The molecule has 1 aromatic carbocycles. The number of thiazole rings is 1. The standard InChI is InChI=1S/C18H16F6N4S/c1-2-25-16(27-10-15-28-14(11-29-15)18(22,23)24)26-9-3-4-12-5-7-13(8-6-12)17(19,20)21/h5-8,11H,2,9-10H2,1H3,(H2,25,26,27). The molecule has 0 aliphatic carbocycles. The number of hydrogen-bond donors (Lipinski definition) is 2. The molecule has 1 heterocycles. The number of alkyl halides is 6. The fourth-order valence-electron chi connectivity index (χ4n) is 2.02. The normalized spacial score (nSPS) is 12.3. The van der Waals surface area contributed by atoms with Crippen molar-refractivity contribution < 1.29 is 26.3 Å². The number of benzene rings is 1. The molecule has 0 saturated carbocycles. The first kappa shape index (κ1) is 22.5. The van der Waals surface area contributed by atoms with Crippen LogP contribution in [-0.2, 0) is 18.9 Å². The minimum atomic E-state index is -4.49. The van der Waals surface area contributed by atoms with Gasteiger partial charge in [-0.25, -0.2) is 9.98 Å². The molecule has 0 amide bonds. The zero-order valence-corrected chi connectivity index (χ0v) is 15.9. The van der Waals surface area contributed by atoms with Crippen LogP contribution in [0.1, 0.15) is 28.8 Å². The summed E-state index contributed by atoms with van der Waals surface area (Å²) in [6, 6.07) is 4.45. The maximum atomic E-state index is 12.6. The van der Waals surface area contributed by atoms with Gasteiger partial charge in [-0.3, -0.25) is 0 Å². The van der Waals surface area contributed by atoms with Crippen molar-refractivity contribution in [3.8, 4) is 11.8 Å². The lowest BCUT2D eigenvalue weighted by Crippen LogP contribution is -2.37. The molecular weight excluding hydrogens is 418 g/mol. The summed E-state index contributed by atoms with van der Waals surface area (Å²) in [4.78, 5) is 7.64. The smallest absolute Gasteiger partial charge is 0.357 e. The number of guanidine groups is 1. The van der Waals surface area contributed by atoms with Crippen LogP contribution in [-0.4, -0.2) is 24.0 Å². The summed E-state index contributed by atoms with van der Waals surface area (Å²) >= 11 is 0.863. The first-order valence-electron chi connectivity index (χ1n) is 8.29. The molecule has 0 aliphatic rings. The molecule has 29 heavy (non-hydrogen) atoms. The Hall–Kier alpha value is -2.74. The highest BCUT2D eigenvalue weighted by atomic mass is 32.1. The highest BCUT2D eigenvalue weighted by Gasteiger charge is 2.33. The van der Waals surface area contributed by atoms with Gasteiger partial charge in [0.25, 0.3) is 0 Å². The van der Waals surface area contributed by atoms with Crippen molar-refractivity contribution in [1.29, 1.82) is 0 Å². The maximum absolute atomic E-state index is 12.6. The molecule has 0 radical (unpaired) electrons. The molecular formula is C18H16F6N4S. The van der Waals surface area contributed by atoms with Crippen molar-refractivity contribution in [3.05, 3.63) is 51.5 Å². The Morgan fingerprint density at radius 1 is 1.07 bits per heavy atom. The van der Waals surface area contributed by atoms with Gasteiger partial charge in [0.15, 0.2) is 11.7 Å². The quantitative estimate of drug-likeness (QED) is 0.327. The van der Waals surface area contributed by atoms with Crippen LogP contribution in [0.15, 0.2) is 34.6 Å². The molecule has 1 aromatic heterocycles. The third-order valence-corrected chi connectivity index (χ3v) is 4.18. The number of aliphatic imine (C=N–C) groups is 1. The maximum Gasteiger partial charge on any atom is 0.434 e. The highest BCUT2D eigenvalue weighted by molar-refractivity contribution is 7.09. The minimum absolute atomic E-state index is 0.0393. The number of aromatic nitrogens is 1. The molecule has 0 atom stereocenters. The van der Waals surface area contributed by atoms with Crippen molar-refractivity contribution in [2.45, 2.75) is 25.8 Å². The van der Waals surface area contributed by atoms with Crippen molar-refractivity contribution in [2.75, 3.05) is 13.1 Å². The topological polar surface area (TPSA) is 49.3 Å². The van der Waals surface area contributed by atoms with E-state index in [-0.39, 0.29) is 18.1 Å². The van der Waals surface area contributed by atoms with E-state index in [0.29, 0.717) is 18.1 Å². The molecule has 0 saturated heterocycles. The summed E-state index contributed by atoms with van der Waals surface area (Å²) in [5.74, 6) is 5.79. The Morgan fingerprint density at radius 2 is 1.76 bits per heavy atom. The summed E-state index contributed by atoms with van der Waals surface area (Å²) in [6.45, 7) is 2.43. The van der Waals surface area contributed by atoms with E-state index in [0.717, 1.165) is 28.8 Å². The van der Waals surface area contributed by atoms with Crippen LogP contribution in [0.4, 0.5) is 26.3 Å². The Balaban J connectivity index is 1.93. The van der Waals surface area contributed by atoms with E-state index in [1.165, 1.54) is 12.1 Å². The Labute approximate surface area is 167 Å². The first-order valence-corrected chi connectivity index (χ1v) is 9.17. The fourth-order valence-corrected chi connectivity index (χ4v) is 2.74. The molecule has 4 nitrogen and oxygen atoms in total. The van der Waals surface area contributed by atoms with E-state index < -0.39 is 23.6 Å². The number of rotatable bonds is 4. The van der Waals surface area contributed by atoms with Gasteiger partial charge in [0.2, 0.25) is 0 Å². The van der Waals surface area contributed by atoms with Gasteiger partial charge in [-0.05, 0) is 31.2 Å². The SMILES string of the molecule is CCNC(=NCc1nc(C(F)(F)F)cs1)NCC#Cc1ccc(C(F)(F)F)cc1. The van der Waals surface area contributed by atoms with Gasteiger partial charge >= 0.3 is 12.4 Å². The van der Waals surface area contributed by atoms with Crippen LogP contribution in [0.25, 0.3) is 0 Å². The molecule has 2 N–H and O–H groups in total. The summed E-state index contributed by atoms with van der Waals surface area (Å²) in [5.41, 5.74) is -1.28. The van der Waals surface area contributed by atoms with Crippen LogP contribution in [0.5, 0.6) is 0 Å². The highest BCUT2D eigenvalue weighted by Crippen LogP contribution is 2.30. The van der Waals surface area contributed by atoms with Gasteiger partial charge in [-0.2, -0.15) is 26.3 Å². The van der Waals surface area contributed by atoms with Crippen LogP contribution >= 0.6 is 11.3 Å². The zero-order chi connectivity index (χ0) is 21.5. The monoisotopic (exact) mass is 434 g/mol. The second kappa shape index (κ2) is 9.65. The van der Waals surface area contributed by atoms with E-state index in [1.54, 1.807) is 0 Å². The Morgan fingerprint density at radius 3 is 2.31 bits per heavy atom. The van der Waals surface area contributed by atoms with E-state index >= 15 is 0 Å². The summed E-state index contributed by atoms with van der Waals surface area (Å²) in [5, 5.41) is 6.93. The largest absolute Gasteiger partial charge is 0.434 e. The van der Waals surface area contributed by atoms with Gasteiger partial charge in [-0.1, -0.05) is 11.8 Å². The Kier molecular flexibility index (Phi) is 7.50. The van der Waals surface area contributed by atoms with Gasteiger partial charge in [0.05, 0.1) is 18.7 Å². The lowest BCUT2D eigenvalue weighted by Gasteiger charge is -2.08. The predicted molar refractivity (Wildman–Crippen MR) is 98.3 cm³/mol. The third kappa shape index (κ3) is 7.30. The summed E-state index contributed by atoms with van der Waals surface area (Å²) in [6.07, 6.45) is -8.89. The van der Waals surface area contributed by atoms with Crippen LogP contribution in [0.2, 0.25) is 0 Å². The molecule has 0 spiro atoms. The van der Waals surface area contributed by atoms with E-state index in [4.69, 9.17) is 0 Å². The van der Waals surface area contributed by atoms with Gasteiger partial charge in [-0.15, -0.1) is 11.3 Å².